The summed E-state index contributed by atoms with van der Waals surface area (Å²) in [4.78, 5) is 24.3. The van der Waals surface area contributed by atoms with E-state index in [1.165, 1.54) is 18.6 Å². The molecule has 98 valence electrons. The molecule has 2 heterocycles. The molecule has 20 heavy (non-hydrogen) atoms. The van der Waals surface area contributed by atoms with Gasteiger partial charge in [-0.25, -0.2) is 9.97 Å². The van der Waals surface area contributed by atoms with Crippen LogP contribution in [0.15, 0.2) is 48.9 Å². The maximum atomic E-state index is 12.1. The maximum absolute atomic E-state index is 12.1. The number of nitrogen functional groups attached to an aromatic ring is 1. The summed E-state index contributed by atoms with van der Waals surface area (Å²) < 4.78 is 0. The van der Waals surface area contributed by atoms with E-state index in [0.717, 1.165) is 5.39 Å². The molecule has 0 aliphatic heterocycles. The standard InChI is InChI=1S/C14H11N5O/c15-10-7-12(18-11-4-2-1-3-9(10)11)14(20)19-13-8-16-5-6-17-13/h1-8H,(H2,15,18)(H,17,19,20). The normalized spacial score (nSPS) is 10.4. The Morgan fingerprint density at radius 3 is 2.85 bits per heavy atom. The van der Waals surface area contributed by atoms with E-state index in [1.54, 1.807) is 6.07 Å². The predicted octanol–water partition coefficient (Wildman–Crippen LogP) is 1.86. The number of benzene rings is 1. The van der Waals surface area contributed by atoms with Gasteiger partial charge in [0.05, 0.1) is 11.7 Å². The Morgan fingerprint density at radius 2 is 2.05 bits per heavy atom. The van der Waals surface area contributed by atoms with Crippen LogP contribution in [0.5, 0.6) is 0 Å². The first-order valence-corrected chi connectivity index (χ1v) is 5.96. The van der Waals surface area contributed by atoms with Crippen molar-refractivity contribution in [2.45, 2.75) is 0 Å². The van der Waals surface area contributed by atoms with Crippen molar-refractivity contribution < 1.29 is 4.79 Å². The average Bonchev–Trinajstić information content (AvgIpc) is 2.48. The molecule has 0 unspecified atom stereocenters. The second-order valence-electron chi connectivity index (χ2n) is 4.16. The molecule has 6 nitrogen and oxygen atoms in total. The number of pyridine rings is 1. The number of amides is 1. The number of rotatable bonds is 2. The van der Waals surface area contributed by atoms with Crippen LogP contribution in [-0.2, 0) is 0 Å². The Kier molecular flexibility index (Phi) is 2.96. The monoisotopic (exact) mass is 265 g/mol. The number of hydrogen-bond donors (Lipinski definition) is 2. The van der Waals surface area contributed by atoms with E-state index in [9.17, 15) is 4.79 Å². The van der Waals surface area contributed by atoms with Crippen molar-refractivity contribution in [1.29, 1.82) is 0 Å². The topological polar surface area (TPSA) is 93.8 Å². The molecule has 1 amide bonds. The fourth-order valence-electron chi connectivity index (χ4n) is 1.86. The summed E-state index contributed by atoms with van der Waals surface area (Å²) in [6, 6.07) is 8.94. The van der Waals surface area contributed by atoms with Crippen LogP contribution < -0.4 is 11.1 Å². The Hall–Kier alpha value is -3.02. The molecule has 0 aliphatic carbocycles. The molecule has 6 heteroatoms. The third-order valence-corrected chi connectivity index (χ3v) is 2.79. The van der Waals surface area contributed by atoms with Crippen molar-refractivity contribution in [2.75, 3.05) is 11.1 Å². The first-order valence-electron chi connectivity index (χ1n) is 5.96. The quantitative estimate of drug-likeness (QED) is 0.737. The molecule has 3 N–H and O–H groups in total. The SMILES string of the molecule is Nc1cc(C(=O)Nc2cnccn2)nc2ccccc12. The first-order chi connectivity index (χ1) is 9.74. The van der Waals surface area contributed by atoms with Crippen LogP contribution in [0, 0.1) is 0 Å². The summed E-state index contributed by atoms with van der Waals surface area (Å²) in [6.45, 7) is 0. The summed E-state index contributed by atoms with van der Waals surface area (Å²) in [6.07, 6.45) is 4.49. The van der Waals surface area contributed by atoms with Gasteiger partial charge in [-0.2, -0.15) is 0 Å². The predicted molar refractivity (Wildman–Crippen MR) is 76.1 cm³/mol. The molecule has 0 spiro atoms. The lowest BCUT2D eigenvalue weighted by Gasteiger charge is -2.06. The van der Waals surface area contributed by atoms with Crippen LogP contribution in [0.1, 0.15) is 10.5 Å². The van der Waals surface area contributed by atoms with E-state index in [-0.39, 0.29) is 11.6 Å². The second-order valence-corrected chi connectivity index (χ2v) is 4.16. The van der Waals surface area contributed by atoms with Gasteiger partial charge in [0.2, 0.25) is 0 Å². The highest BCUT2D eigenvalue weighted by Gasteiger charge is 2.11. The molecule has 0 fully saturated rings. The molecule has 0 bridgehead atoms. The Labute approximate surface area is 114 Å². The molecule has 0 radical (unpaired) electrons. The number of para-hydroxylation sites is 1. The second kappa shape index (κ2) is 4.93. The van der Waals surface area contributed by atoms with Crippen molar-refractivity contribution in [2.24, 2.45) is 0 Å². The van der Waals surface area contributed by atoms with Gasteiger partial charge in [-0.3, -0.25) is 9.78 Å². The number of carbonyl (C=O) groups excluding carboxylic acids is 1. The number of nitrogens with two attached hydrogens (primary N) is 1. The first kappa shape index (κ1) is 12.0. The fraction of sp³-hybridized carbons (Fsp3) is 0. The third-order valence-electron chi connectivity index (χ3n) is 2.79. The molecule has 0 saturated carbocycles. The van der Waals surface area contributed by atoms with Gasteiger partial charge in [-0.1, -0.05) is 18.2 Å². The zero-order chi connectivity index (χ0) is 13.9. The molecular weight excluding hydrogens is 254 g/mol. The van der Waals surface area contributed by atoms with Crippen molar-refractivity contribution in [1.82, 2.24) is 15.0 Å². The summed E-state index contributed by atoms with van der Waals surface area (Å²) in [5.41, 5.74) is 7.37. The van der Waals surface area contributed by atoms with E-state index < -0.39 is 0 Å². The van der Waals surface area contributed by atoms with Gasteiger partial charge in [0.1, 0.15) is 5.69 Å². The average molecular weight is 265 g/mol. The van der Waals surface area contributed by atoms with Crippen molar-refractivity contribution in [3.63, 3.8) is 0 Å². The maximum Gasteiger partial charge on any atom is 0.275 e. The van der Waals surface area contributed by atoms with Gasteiger partial charge in [-0.05, 0) is 12.1 Å². The molecule has 3 aromatic rings. The van der Waals surface area contributed by atoms with E-state index in [1.807, 2.05) is 24.3 Å². The number of hydrogen-bond acceptors (Lipinski definition) is 5. The number of aromatic nitrogens is 3. The zero-order valence-electron chi connectivity index (χ0n) is 10.4. The number of carbonyl (C=O) groups is 1. The van der Waals surface area contributed by atoms with Crippen molar-refractivity contribution in [3.8, 4) is 0 Å². The highest BCUT2D eigenvalue weighted by Crippen LogP contribution is 2.20. The van der Waals surface area contributed by atoms with Gasteiger partial charge < -0.3 is 11.1 Å². The summed E-state index contributed by atoms with van der Waals surface area (Å²) in [7, 11) is 0. The minimum atomic E-state index is -0.372. The third kappa shape index (κ3) is 2.26. The minimum absolute atomic E-state index is 0.242. The van der Waals surface area contributed by atoms with Crippen LogP contribution in [-0.4, -0.2) is 20.9 Å². The molecule has 0 aliphatic rings. The highest BCUT2D eigenvalue weighted by atomic mass is 16.1. The van der Waals surface area contributed by atoms with E-state index >= 15 is 0 Å². The van der Waals surface area contributed by atoms with Crippen LogP contribution in [0.25, 0.3) is 10.9 Å². The van der Waals surface area contributed by atoms with E-state index in [4.69, 9.17) is 5.73 Å². The highest BCUT2D eigenvalue weighted by molar-refractivity contribution is 6.05. The van der Waals surface area contributed by atoms with Gasteiger partial charge in [0, 0.05) is 23.5 Å². The van der Waals surface area contributed by atoms with Gasteiger partial charge >= 0.3 is 0 Å². The number of nitrogens with one attached hydrogen (secondary N) is 1. The van der Waals surface area contributed by atoms with Gasteiger partial charge in [0.15, 0.2) is 5.82 Å². The largest absolute Gasteiger partial charge is 0.398 e. The summed E-state index contributed by atoms with van der Waals surface area (Å²) in [5, 5.41) is 3.44. The molecular formula is C14H11N5O. The van der Waals surface area contributed by atoms with Crippen molar-refractivity contribution >= 4 is 28.3 Å². The molecule has 3 rings (SSSR count). The molecule has 0 saturated heterocycles. The van der Waals surface area contributed by atoms with Crippen LogP contribution in [0.3, 0.4) is 0 Å². The van der Waals surface area contributed by atoms with Crippen molar-refractivity contribution in [3.05, 3.63) is 54.6 Å². The Morgan fingerprint density at radius 1 is 1.20 bits per heavy atom. The molecule has 1 aromatic carbocycles. The zero-order valence-corrected chi connectivity index (χ0v) is 10.4. The number of fused-ring (bicyclic) bond motifs is 1. The van der Waals surface area contributed by atoms with Gasteiger partial charge in [0.25, 0.3) is 5.91 Å². The fourth-order valence-corrected chi connectivity index (χ4v) is 1.86. The Bertz CT molecular complexity index is 773. The van der Waals surface area contributed by atoms with Crippen LogP contribution in [0.2, 0.25) is 0 Å². The summed E-state index contributed by atoms with van der Waals surface area (Å²) >= 11 is 0. The summed E-state index contributed by atoms with van der Waals surface area (Å²) in [5.74, 6) is -0.00557. The number of anilines is 2. The lowest BCUT2D eigenvalue weighted by atomic mass is 10.1. The Balaban J connectivity index is 1.96. The minimum Gasteiger partial charge on any atom is -0.398 e. The molecule has 0 atom stereocenters. The molecule has 2 aromatic heterocycles. The lowest BCUT2D eigenvalue weighted by Crippen LogP contribution is -2.15. The van der Waals surface area contributed by atoms with Gasteiger partial charge in [-0.15, -0.1) is 0 Å². The van der Waals surface area contributed by atoms with Crippen LogP contribution in [0.4, 0.5) is 11.5 Å². The van der Waals surface area contributed by atoms with E-state index in [0.29, 0.717) is 17.0 Å². The van der Waals surface area contributed by atoms with E-state index in [2.05, 4.69) is 20.3 Å². The number of nitrogens with zero attached hydrogens (tertiary/aromatic N) is 3. The smallest absolute Gasteiger partial charge is 0.275 e. The lowest BCUT2D eigenvalue weighted by molar-refractivity contribution is 0.102. The van der Waals surface area contributed by atoms with Crippen LogP contribution >= 0.6 is 0 Å².